The van der Waals surface area contributed by atoms with Gasteiger partial charge in [0.1, 0.15) is 30.0 Å². The first kappa shape index (κ1) is 30.6. The van der Waals surface area contributed by atoms with Gasteiger partial charge in [-0.2, -0.15) is 0 Å². The molecule has 2 fully saturated rings. The summed E-state index contributed by atoms with van der Waals surface area (Å²) in [4.78, 5) is 15.8. The van der Waals surface area contributed by atoms with Crippen molar-refractivity contribution in [2.75, 3.05) is 18.6 Å². The number of hydrogen-bond donors (Lipinski definition) is 3. The third kappa shape index (κ3) is 5.71. The van der Waals surface area contributed by atoms with E-state index >= 15 is 0 Å². The number of nitrogens with zero attached hydrogens (tertiary/aromatic N) is 4. The second kappa shape index (κ2) is 12.4. The Hall–Kier alpha value is -2.88. The number of aliphatic hydroxyl groups is 3. The lowest BCUT2D eigenvalue weighted by Crippen LogP contribution is -2.62. The average molecular weight is 655 g/mol. The van der Waals surface area contributed by atoms with Gasteiger partial charge < -0.3 is 29.7 Å². The van der Waals surface area contributed by atoms with Crippen molar-refractivity contribution in [3.8, 4) is 11.3 Å². The molecule has 2 heterocycles. The molecule has 1 aliphatic carbocycles. The maximum Gasteiger partial charge on any atom is 0.259 e. The number of amides is 1. The highest BCUT2D eigenvalue weighted by atomic mass is 79.9. The molecule has 0 radical (unpaired) electrons. The molecule has 0 spiro atoms. The van der Waals surface area contributed by atoms with Crippen LogP contribution in [0.1, 0.15) is 30.9 Å². The van der Waals surface area contributed by atoms with Gasteiger partial charge in [0.2, 0.25) is 0 Å². The minimum Gasteiger partial charge on any atom is -0.394 e. The fourth-order valence-corrected chi connectivity index (χ4v) is 6.41. The van der Waals surface area contributed by atoms with Crippen molar-refractivity contribution < 1.29 is 42.8 Å². The van der Waals surface area contributed by atoms with Crippen LogP contribution in [0.25, 0.3) is 11.3 Å². The number of hydrogen-bond acceptors (Lipinski definition) is 8. The normalized spacial score (nSPS) is 27.8. The zero-order chi connectivity index (χ0) is 30.3. The average Bonchev–Trinajstić information content (AvgIpc) is 3.60. The fraction of sp³-hybridized carbons (Fsp3) is 0.464. The minimum absolute atomic E-state index is 0.0370. The summed E-state index contributed by atoms with van der Waals surface area (Å²) < 4.78 is 54.8. The Morgan fingerprint density at radius 3 is 2.48 bits per heavy atom. The Labute approximate surface area is 247 Å². The van der Waals surface area contributed by atoms with Gasteiger partial charge in [-0.15, -0.1) is 5.10 Å². The summed E-state index contributed by atoms with van der Waals surface area (Å²) in [5, 5.41) is 40.0. The molecule has 10 nitrogen and oxygen atoms in total. The van der Waals surface area contributed by atoms with Gasteiger partial charge >= 0.3 is 0 Å². The highest BCUT2D eigenvalue weighted by Gasteiger charge is 2.52. The maximum atomic E-state index is 14.4. The predicted molar refractivity (Wildman–Crippen MR) is 147 cm³/mol. The van der Waals surface area contributed by atoms with Crippen LogP contribution in [0.15, 0.2) is 41.0 Å². The first-order valence-electron chi connectivity index (χ1n) is 13.4. The Morgan fingerprint density at radius 2 is 1.88 bits per heavy atom. The zero-order valence-corrected chi connectivity index (χ0v) is 24.3. The number of benzene rings is 2. The predicted octanol–water partition coefficient (Wildman–Crippen LogP) is 3.06. The number of anilines is 1. The highest BCUT2D eigenvalue weighted by Crippen LogP contribution is 2.37. The van der Waals surface area contributed by atoms with Gasteiger partial charge in [-0.1, -0.05) is 21.1 Å². The van der Waals surface area contributed by atoms with E-state index in [4.69, 9.17) is 9.47 Å². The number of aromatic nitrogens is 3. The fourth-order valence-electron chi connectivity index (χ4n) is 5.81. The molecule has 3 N–H and O–H groups in total. The lowest BCUT2D eigenvalue weighted by molar-refractivity contribution is -0.211. The summed E-state index contributed by atoms with van der Waals surface area (Å²) in [6, 6.07) is 5.24. The molecule has 1 saturated heterocycles. The number of aryl methyl sites for hydroxylation is 1. The van der Waals surface area contributed by atoms with Gasteiger partial charge in [0.15, 0.2) is 23.6 Å². The first-order chi connectivity index (χ1) is 20.0. The Bertz CT molecular complexity index is 1420. The molecule has 42 heavy (non-hydrogen) atoms. The standard InChI is InChI=1S/C28H30BrF3N4O6/c1-13-6-15(29)10-16(7-13)36(20-4-3-5-21(20)38)28(40)27-26(41-2)24(25(39)22(12-37)42-27)35-11-19(33-34-35)14-8-17(30)23(32)18(31)9-14/h6-11,20-22,24-27,37-39H,3-5,12H2,1-2H3/t20-,21-,22?,24?,25?,26?,27?/m0/s1. The monoisotopic (exact) mass is 654 g/mol. The smallest absolute Gasteiger partial charge is 0.259 e. The van der Waals surface area contributed by atoms with Gasteiger partial charge in [-0.3, -0.25) is 4.79 Å². The maximum absolute atomic E-state index is 14.4. The van der Waals surface area contributed by atoms with E-state index in [1.165, 1.54) is 18.2 Å². The van der Waals surface area contributed by atoms with Crippen molar-refractivity contribution in [3.63, 3.8) is 0 Å². The molecule has 1 saturated carbocycles. The van der Waals surface area contributed by atoms with Crippen LogP contribution in [0.2, 0.25) is 0 Å². The lowest BCUT2D eigenvalue weighted by Gasteiger charge is -2.45. The molecule has 7 atom stereocenters. The van der Waals surface area contributed by atoms with E-state index in [2.05, 4.69) is 26.2 Å². The van der Waals surface area contributed by atoms with Crippen molar-refractivity contribution in [3.05, 3.63) is 64.0 Å². The van der Waals surface area contributed by atoms with E-state index in [1.807, 2.05) is 13.0 Å². The largest absolute Gasteiger partial charge is 0.394 e. The SMILES string of the molecule is COC1C(C(=O)N(c2cc(C)cc(Br)c2)[C@H]2CCC[C@@H]2O)OC(CO)C(O)C1n1cc(-c2cc(F)c(F)c(F)c2)nn1. The number of rotatable bonds is 7. The van der Waals surface area contributed by atoms with Crippen LogP contribution in [0, 0.1) is 24.4 Å². The molecule has 14 heteroatoms. The number of methoxy groups -OCH3 is 1. The molecule has 226 valence electrons. The Balaban J connectivity index is 1.54. The number of aliphatic hydroxyl groups excluding tert-OH is 3. The molecule has 1 aliphatic heterocycles. The summed E-state index contributed by atoms with van der Waals surface area (Å²) in [5.74, 6) is -5.02. The molecule has 5 unspecified atom stereocenters. The van der Waals surface area contributed by atoms with Crippen molar-refractivity contribution in [2.24, 2.45) is 0 Å². The van der Waals surface area contributed by atoms with Crippen molar-refractivity contribution >= 4 is 27.5 Å². The van der Waals surface area contributed by atoms with Gasteiger partial charge in [0, 0.05) is 22.8 Å². The summed E-state index contributed by atoms with van der Waals surface area (Å²) in [5.41, 5.74) is 1.24. The number of carbonyl (C=O) groups excluding carboxylic acids is 1. The molecular weight excluding hydrogens is 625 g/mol. The van der Waals surface area contributed by atoms with Crippen LogP contribution < -0.4 is 4.90 Å². The van der Waals surface area contributed by atoms with Crippen LogP contribution >= 0.6 is 15.9 Å². The minimum atomic E-state index is -1.63. The van der Waals surface area contributed by atoms with Gasteiger partial charge in [0.25, 0.3) is 5.91 Å². The van der Waals surface area contributed by atoms with E-state index in [1.54, 1.807) is 12.1 Å². The van der Waals surface area contributed by atoms with Gasteiger partial charge in [-0.25, -0.2) is 17.9 Å². The Morgan fingerprint density at radius 1 is 1.17 bits per heavy atom. The number of carbonyl (C=O) groups is 1. The molecule has 1 aromatic heterocycles. The van der Waals surface area contributed by atoms with Crippen LogP contribution in [0.4, 0.5) is 18.9 Å². The van der Waals surface area contributed by atoms with Crippen molar-refractivity contribution in [1.29, 1.82) is 0 Å². The number of halogens is 4. The van der Waals surface area contributed by atoms with Crippen LogP contribution in [0.5, 0.6) is 0 Å². The molecule has 2 aliphatic rings. The van der Waals surface area contributed by atoms with Crippen LogP contribution in [-0.2, 0) is 14.3 Å². The first-order valence-corrected chi connectivity index (χ1v) is 14.2. The van der Waals surface area contributed by atoms with E-state index < -0.39 is 72.6 Å². The topological polar surface area (TPSA) is 130 Å². The number of ether oxygens (including phenoxy) is 2. The van der Waals surface area contributed by atoms with E-state index in [0.717, 1.165) is 26.9 Å². The van der Waals surface area contributed by atoms with Crippen molar-refractivity contribution in [2.45, 2.75) is 68.8 Å². The molecular formula is C28H30BrF3N4O6. The van der Waals surface area contributed by atoms with E-state index in [0.29, 0.717) is 24.9 Å². The van der Waals surface area contributed by atoms with Gasteiger partial charge in [-0.05, 0) is 62.1 Å². The summed E-state index contributed by atoms with van der Waals surface area (Å²) in [6.45, 7) is 1.21. The second-order valence-electron chi connectivity index (χ2n) is 10.6. The third-order valence-electron chi connectivity index (χ3n) is 7.80. The van der Waals surface area contributed by atoms with Crippen LogP contribution in [0.3, 0.4) is 0 Å². The molecule has 3 aromatic rings. The summed E-state index contributed by atoms with van der Waals surface area (Å²) >= 11 is 3.47. The summed E-state index contributed by atoms with van der Waals surface area (Å²) in [7, 11) is 1.31. The summed E-state index contributed by atoms with van der Waals surface area (Å²) in [6.07, 6.45) is -3.02. The van der Waals surface area contributed by atoms with Crippen molar-refractivity contribution in [1.82, 2.24) is 15.0 Å². The quantitative estimate of drug-likeness (QED) is 0.332. The third-order valence-corrected chi connectivity index (χ3v) is 8.25. The molecule has 0 bridgehead atoms. The zero-order valence-electron chi connectivity index (χ0n) is 22.7. The lowest BCUT2D eigenvalue weighted by atomic mass is 9.91. The molecule has 1 amide bonds. The van der Waals surface area contributed by atoms with E-state index in [9.17, 15) is 33.3 Å². The second-order valence-corrected chi connectivity index (χ2v) is 11.5. The molecule has 2 aromatic carbocycles. The Kier molecular flexibility index (Phi) is 9.02. The van der Waals surface area contributed by atoms with Gasteiger partial charge in [0.05, 0.1) is 24.9 Å². The van der Waals surface area contributed by atoms with Crippen LogP contribution in [-0.4, -0.2) is 86.5 Å². The molecule has 5 rings (SSSR count). The van der Waals surface area contributed by atoms with E-state index in [-0.39, 0.29) is 11.3 Å². The highest BCUT2D eigenvalue weighted by molar-refractivity contribution is 9.10.